The average molecular weight is 432 g/mol. The van der Waals surface area contributed by atoms with Gasteiger partial charge in [0, 0.05) is 37.5 Å². The molecule has 0 radical (unpaired) electrons. The van der Waals surface area contributed by atoms with Gasteiger partial charge in [0.05, 0.1) is 5.60 Å². The van der Waals surface area contributed by atoms with Crippen LogP contribution in [-0.4, -0.2) is 30.6 Å². The molecular weight excluding hydrogens is 394 g/mol. The largest absolute Gasteiger partial charge is 0.385 e. The molecule has 0 amide bonds. The summed E-state index contributed by atoms with van der Waals surface area (Å²) in [5.74, 6) is 1.53. The number of hydrogen-bond donors (Lipinski definition) is 1. The number of nitrogens with zero attached hydrogens (tertiary/aromatic N) is 1. The third kappa shape index (κ3) is 3.00. The van der Waals surface area contributed by atoms with E-state index in [1.807, 2.05) is 13.0 Å². The van der Waals surface area contributed by atoms with Crippen molar-refractivity contribution in [1.82, 2.24) is 0 Å². The molecular formula is C29H37NO2. The van der Waals surface area contributed by atoms with E-state index < -0.39 is 5.60 Å². The number of aliphatic hydroxyl groups is 1. The zero-order chi connectivity index (χ0) is 22.8. The van der Waals surface area contributed by atoms with E-state index in [1.165, 1.54) is 22.4 Å². The fourth-order valence-electron chi connectivity index (χ4n) is 7.67. The van der Waals surface area contributed by atoms with Gasteiger partial charge in [-0.3, -0.25) is 4.79 Å². The van der Waals surface area contributed by atoms with Crippen molar-refractivity contribution in [2.45, 2.75) is 70.3 Å². The van der Waals surface area contributed by atoms with Crippen molar-refractivity contribution >= 4 is 11.5 Å². The van der Waals surface area contributed by atoms with Gasteiger partial charge in [0.2, 0.25) is 0 Å². The Bertz CT molecular complexity index is 1030. The van der Waals surface area contributed by atoms with Gasteiger partial charge in [0.1, 0.15) is 0 Å². The smallest absolute Gasteiger partial charge is 0.156 e. The summed E-state index contributed by atoms with van der Waals surface area (Å²) in [6.07, 6.45) is 8.37. The van der Waals surface area contributed by atoms with Crippen LogP contribution in [-0.2, 0) is 4.79 Å². The van der Waals surface area contributed by atoms with Gasteiger partial charge in [0.15, 0.2) is 5.78 Å². The van der Waals surface area contributed by atoms with Crippen LogP contribution >= 0.6 is 0 Å². The van der Waals surface area contributed by atoms with Crippen molar-refractivity contribution in [2.24, 2.45) is 17.3 Å². The lowest BCUT2D eigenvalue weighted by Gasteiger charge is -2.55. The minimum Gasteiger partial charge on any atom is -0.385 e. The van der Waals surface area contributed by atoms with Crippen LogP contribution in [0.15, 0.2) is 59.2 Å². The predicted molar refractivity (Wildman–Crippen MR) is 131 cm³/mol. The van der Waals surface area contributed by atoms with Gasteiger partial charge in [-0.2, -0.15) is 0 Å². The molecule has 1 aromatic carbocycles. The van der Waals surface area contributed by atoms with Crippen LogP contribution < -0.4 is 4.90 Å². The second-order valence-electron chi connectivity index (χ2n) is 11.2. The molecule has 0 bridgehead atoms. The summed E-state index contributed by atoms with van der Waals surface area (Å²) in [7, 11) is 4.15. The van der Waals surface area contributed by atoms with E-state index in [0.29, 0.717) is 18.3 Å². The normalized spacial score (nSPS) is 36.2. The highest BCUT2D eigenvalue weighted by Crippen LogP contribution is 2.67. The third-order valence-electron chi connectivity index (χ3n) is 9.40. The number of benzene rings is 1. The van der Waals surface area contributed by atoms with Gasteiger partial charge in [0.25, 0.3) is 0 Å². The summed E-state index contributed by atoms with van der Waals surface area (Å²) in [4.78, 5) is 14.3. The summed E-state index contributed by atoms with van der Waals surface area (Å²) < 4.78 is 0. The second-order valence-corrected chi connectivity index (χ2v) is 11.2. The Hall–Kier alpha value is -2.13. The van der Waals surface area contributed by atoms with Gasteiger partial charge in [-0.1, -0.05) is 31.2 Å². The van der Waals surface area contributed by atoms with Crippen molar-refractivity contribution in [2.75, 3.05) is 19.0 Å². The first-order valence-electron chi connectivity index (χ1n) is 12.3. The highest BCUT2D eigenvalue weighted by Gasteiger charge is 2.63. The first kappa shape index (κ1) is 21.7. The van der Waals surface area contributed by atoms with Gasteiger partial charge >= 0.3 is 0 Å². The molecule has 32 heavy (non-hydrogen) atoms. The SMILES string of the molecule is C=C(C)[C@@]1(O)CCC2C3CCC4=CC(=O)CCC4=C3C(c3ccc(N(C)C)cc3)CC21C. The van der Waals surface area contributed by atoms with E-state index in [-0.39, 0.29) is 17.1 Å². The van der Waals surface area contributed by atoms with Crippen LogP contribution in [0.4, 0.5) is 5.69 Å². The lowest BCUT2D eigenvalue weighted by atomic mass is 9.50. The first-order chi connectivity index (χ1) is 15.2. The number of hydrogen-bond acceptors (Lipinski definition) is 3. The van der Waals surface area contributed by atoms with E-state index in [4.69, 9.17) is 0 Å². The maximum atomic E-state index is 12.2. The molecule has 4 aliphatic carbocycles. The van der Waals surface area contributed by atoms with Crippen LogP contribution in [0.3, 0.4) is 0 Å². The van der Waals surface area contributed by atoms with E-state index in [0.717, 1.165) is 44.1 Å². The maximum absolute atomic E-state index is 12.2. The zero-order valence-corrected chi connectivity index (χ0v) is 20.1. The van der Waals surface area contributed by atoms with Gasteiger partial charge in [-0.15, -0.1) is 0 Å². The number of carbonyl (C=O) groups excluding carboxylic acids is 1. The van der Waals surface area contributed by atoms with E-state index in [2.05, 4.69) is 56.8 Å². The second kappa shape index (κ2) is 7.45. The summed E-state index contributed by atoms with van der Waals surface area (Å²) in [6.45, 7) is 8.58. The van der Waals surface area contributed by atoms with Gasteiger partial charge < -0.3 is 10.0 Å². The molecule has 5 rings (SSSR count). The molecule has 0 aliphatic heterocycles. The van der Waals surface area contributed by atoms with Crippen molar-refractivity contribution in [1.29, 1.82) is 0 Å². The predicted octanol–water partition coefficient (Wildman–Crippen LogP) is 5.96. The highest BCUT2D eigenvalue weighted by atomic mass is 16.3. The summed E-state index contributed by atoms with van der Waals surface area (Å²) in [5, 5.41) is 11.9. The van der Waals surface area contributed by atoms with Crippen LogP contribution in [0.1, 0.15) is 70.3 Å². The molecule has 0 heterocycles. The Morgan fingerprint density at radius 1 is 1.12 bits per heavy atom. The Morgan fingerprint density at radius 3 is 2.50 bits per heavy atom. The molecule has 1 N–H and O–H groups in total. The minimum atomic E-state index is -0.797. The Balaban J connectivity index is 1.67. The maximum Gasteiger partial charge on any atom is 0.156 e. The fourth-order valence-corrected chi connectivity index (χ4v) is 7.67. The minimum absolute atomic E-state index is 0.176. The molecule has 2 saturated carbocycles. The number of ketones is 1. The number of anilines is 1. The Kier molecular flexibility index (Phi) is 5.05. The number of allylic oxidation sites excluding steroid dienone is 4. The molecule has 0 aromatic heterocycles. The van der Waals surface area contributed by atoms with Crippen LogP contribution in [0, 0.1) is 17.3 Å². The average Bonchev–Trinajstić information content (AvgIpc) is 3.04. The van der Waals surface area contributed by atoms with Crippen LogP contribution in [0.2, 0.25) is 0 Å². The monoisotopic (exact) mass is 431 g/mol. The molecule has 2 fully saturated rings. The molecule has 4 unspecified atom stereocenters. The number of carbonyl (C=O) groups is 1. The van der Waals surface area contributed by atoms with Crippen molar-refractivity contribution < 1.29 is 9.90 Å². The molecule has 4 aliphatic rings. The van der Waals surface area contributed by atoms with Gasteiger partial charge in [-0.05, 0) is 97.8 Å². The lowest BCUT2D eigenvalue weighted by Crippen LogP contribution is -2.52. The molecule has 0 saturated heterocycles. The fraction of sp³-hybridized carbons (Fsp3) is 0.552. The number of rotatable bonds is 3. The van der Waals surface area contributed by atoms with E-state index in [1.54, 1.807) is 5.57 Å². The lowest BCUT2D eigenvalue weighted by molar-refractivity contribution is -0.114. The first-order valence-corrected chi connectivity index (χ1v) is 12.3. The van der Waals surface area contributed by atoms with Crippen LogP contribution in [0.25, 0.3) is 0 Å². The Labute approximate surface area is 192 Å². The zero-order valence-electron chi connectivity index (χ0n) is 20.1. The number of fused-ring (bicyclic) bond motifs is 4. The molecule has 5 atom stereocenters. The van der Waals surface area contributed by atoms with Crippen molar-refractivity contribution in [3.05, 3.63) is 64.8 Å². The third-order valence-corrected chi connectivity index (χ3v) is 9.40. The Morgan fingerprint density at radius 2 is 1.84 bits per heavy atom. The standard InChI is InChI=1S/C29H37NO2/c1-18(2)29(32)15-14-26-24-12-8-20-16-22(31)11-13-23(20)27(24)25(17-28(26,29)3)19-6-9-21(10-7-19)30(4)5/h6-7,9-10,16,24-26,32H,1,8,11-15,17H2,2-5H3/t24?,25?,26?,28?,29-/m0/s1. The molecule has 1 aromatic rings. The van der Waals surface area contributed by atoms with Crippen molar-refractivity contribution in [3.8, 4) is 0 Å². The topological polar surface area (TPSA) is 40.5 Å². The summed E-state index contributed by atoms with van der Waals surface area (Å²) >= 11 is 0. The van der Waals surface area contributed by atoms with Crippen molar-refractivity contribution in [3.63, 3.8) is 0 Å². The van der Waals surface area contributed by atoms with E-state index >= 15 is 0 Å². The van der Waals surface area contributed by atoms with E-state index in [9.17, 15) is 9.90 Å². The van der Waals surface area contributed by atoms with Gasteiger partial charge in [-0.25, -0.2) is 0 Å². The van der Waals surface area contributed by atoms with Crippen LogP contribution in [0.5, 0.6) is 0 Å². The molecule has 0 spiro atoms. The summed E-state index contributed by atoms with van der Waals surface area (Å²) in [5.41, 5.74) is 6.83. The summed E-state index contributed by atoms with van der Waals surface area (Å²) in [6, 6.07) is 9.01. The quantitative estimate of drug-likeness (QED) is 0.600. The molecule has 3 heteroatoms. The molecule has 3 nitrogen and oxygen atoms in total. The highest BCUT2D eigenvalue weighted by molar-refractivity contribution is 5.93. The molecule has 170 valence electrons.